The van der Waals surface area contributed by atoms with Gasteiger partial charge >= 0.3 is 6.18 Å². The Morgan fingerprint density at radius 1 is 1.10 bits per heavy atom. The van der Waals surface area contributed by atoms with E-state index in [9.17, 15) is 13.2 Å². The van der Waals surface area contributed by atoms with E-state index in [-0.39, 0.29) is 5.75 Å². The third-order valence-corrected chi connectivity index (χ3v) is 4.22. The number of alkyl halides is 4. The summed E-state index contributed by atoms with van der Waals surface area (Å²) in [7, 11) is 0. The van der Waals surface area contributed by atoms with Crippen molar-refractivity contribution in [3.05, 3.63) is 53.6 Å². The maximum Gasteiger partial charge on any atom is 0.419 e. The zero-order chi connectivity index (χ0) is 15.5. The maximum atomic E-state index is 13.1. The Balaban J connectivity index is 2.44. The lowest BCUT2D eigenvalue weighted by molar-refractivity contribution is -0.138. The molecule has 0 bridgehead atoms. The molecular formula is C15H12BrF3OS. The van der Waals surface area contributed by atoms with Gasteiger partial charge in [-0.1, -0.05) is 34.1 Å². The lowest BCUT2D eigenvalue weighted by atomic mass is 10.1. The van der Waals surface area contributed by atoms with Crippen molar-refractivity contribution in [1.29, 1.82) is 0 Å². The van der Waals surface area contributed by atoms with E-state index in [0.29, 0.717) is 16.6 Å². The van der Waals surface area contributed by atoms with E-state index < -0.39 is 11.7 Å². The number of para-hydroxylation sites is 1. The minimum atomic E-state index is -4.46. The monoisotopic (exact) mass is 376 g/mol. The molecule has 0 atom stereocenters. The van der Waals surface area contributed by atoms with Crippen LogP contribution in [0.4, 0.5) is 13.2 Å². The van der Waals surface area contributed by atoms with Crippen LogP contribution in [0.2, 0.25) is 0 Å². The first-order valence-electron chi connectivity index (χ1n) is 6.02. The van der Waals surface area contributed by atoms with Crippen LogP contribution in [0.3, 0.4) is 0 Å². The zero-order valence-electron chi connectivity index (χ0n) is 11.1. The van der Waals surface area contributed by atoms with Gasteiger partial charge in [0.2, 0.25) is 0 Å². The minimum Gasteiger partial charge on any atom is -0.456 e. The highest BCUT2D eigenvalue weighted by Gasteiger charge is 2.35. The topological polar surface area (TPSA) is 9.23 Å². The van der Waals surface area contributed by atoms with Crippen molar-refractivity contribution in [2.75, 3.05) is 6.26 Å². The molecule has 0 radical (unpaired) electrons. The Morgan fingerprint density at radius 2 is 1.81 bits per heavy atom. The second-order valence-electron chi connectivity index (χ2n) is 4.21. The van der Waals surface area contributed by atoms with Crippen molar-refractivity contribution >= 4 is 27.7 Å². The maximum absolute atomic E-state index is 13.1. The fourth-order valence-corrected chi connectivity index (χ4v) is 2.67. The Kier molecular flexibility index (Phi) is 5.22. The van der Waals surface area contributed by atoms with Gasteiger partial charge in [0, 0.05) is 10.2 Å². The van der Waals surface area contributed by atoms with Gasteiger partial charge in [-0.25, -0.2) is 0 Å². The summed E-state index contributed by atoms with van der Waals surface area (Å²) in [5.74, 6) is 0.232. The molecule has 0 saturated carbocycles. The Labute approximate surface area is 133 Å². The highest BCUT2D eigenvalue weighted by atomic mass is 79.9. The van der Waals surface area contributed by atoms with Crippen LogP contribution >= 0.6 is 27.7 Å². The van der Waals surface area contributed by atoms with E-state index in [1.165, 1.54) is 17.8 Å². The summed E-state index contributed by atoms with van der Waals surface area (Å²) in [6.45, 7) is 0. The van der Waals surface area contributed by atoms with Gasteiger partial charge in [0.15, 0.2) is 0 Å². The molecule has 0 aliphatic heterocycles. The quantitative estimate of drug-likeness (QED) is 0.469. The Morgan fingerprint density at radius 3 is 2.43 bits per heavy atom. The number of rotatable bonds is 4. The van der Waals surface area contributed by atoms with Crippen LogP contribution < -0.4 is 4.74 Å². The van der Waals surface area contributed by atoms with Crippen molar-refractivity contribution in [2.24, 2.45) is 0 Å². The molecule has 0 saturated heterocycles. The fourth-order valence-electron chi connectivity index (χ4n) is 1.79. The van der Waals surface area contributed by atoms with Crippen LogP contribution in [0.25, 0.3) is 0 Å². The van der Waals surface area contributed by atoms with Gasteiger partial charge in [-0.15, -0.1) is 11.8 Å². The molecule has 1 nitrogen and oxygen atoms in total. The second kappa shape index (κ2) is 6.75. The van der Waals surface area contributed by atoms with Crippen molar-refractivity contribution in [3.63, 3.8) is 0 Å². The SMILES string of the molecule is CSc1ccccc1Oc1ccc(CBr)cc1C(F)(F)F. The van der Waals surface area contributed by atoms with Crippen LogP contribution in [0.15, 0.2) is 47.4 Å². The summed E-state index contributed by atoms with van der Waals surface area (Å²) in [5, 5.41) is 0.359. The normalized spacial score (nSPS) is 11.5. The van der Waals surface area contributed by atoms with E-state index in [0.717, 1.165) is 11.0 Å². The molecule has 0 spiro atoms. The van der Waals surface area contributed by atoms with Crippen molar-refractivity contribution in [3.8, 4) is 11.5 Å². The molecule has 0 N–H and O–H groups in total. The Hall–Kier alpha value is -1.14. The summed E-state index contributed by atoms with van der Waals surface area (Å²) < 4.78 is 44.9. The molecule has 0 aliphatic carbocycles. The van der Waals surface area contributed by atoms with E-state index in [1.807, 2.05) is 12.3 Å². The van der Waals surface area contributed by atoms with E-state index in [4.69, 9.17) is 4.74 Å². The third-order valence-electron chi connectivity index (χ3n) is 2.79. The molecule has 2 aromatic carbocycles. The van der Waals surface area contributed by atoms with Crippen molar-refractivity contribution < 1.29 is 17.9 Å². The van der Waals surface area contributed by atoms with Crippen LogP contribution in [0, 0.1) is 0 Å². The van der Waals surface area contributed by atoms with Crippen LogP contribution in [0.1, 0.15) is 11.1 Å². The number of thioether (sulfide) groups is 1. The molecule has 0 aromatic heterocycles. The second-order valence-corrected chi connectivity index (χ2v) is 5.62. The van der Waals surface area contributed by atoms with Gasteiger partial charge in [0.25, 0.3) is 0 Å². The average molecular weight is 377 g/mol. The largest absolute Gasteiger partial charge is 0.456 e. The average Bonchev–Trinajstić information content (AvgIpc) is 2.47. The van der Waals surface area contributed by atoms with Gasteiger partial charge in [0.05, 0.1) is 5.56 Å². The van der Waals surface area contributed by atoms with Gasteiger partial charge in [-0.2, -0.15) is 13.2 Å². The predicted octanol–water partition coefficient (Wildman–Crippen LogP) is 6.11. The summed E-state index contributed by atoms with van der Waals surface area (Å²) in [4.78, 5) is 0.787. The molecule has 0 unspecified atom stereocenters. The van der Waals surface area contributed by atoms with Gasteiger partial charge in [0.1, 0.15) is 11.5 Å². The van der Waals surface area contributed by atoms with Gasteiger partial charge < -0.3 is 4.74 Å². The van der Waals surface area contributed by atoms with E-state index in [2.05, 4.69) is 15.9 Å². The highest BCUT2D eigenvalue weighted by Crippen LogP contribution is 2.40. The minimum absolute atomic E-state index is 0.186. The molecule has 0 heterocycles. The molecule has 112 valence electrons. The number of hydrogen-bond donors (Lipinski definition) is 0. The highest BCUT2D eigenvalue weighted by molar-refractivity contribution is 9.08. The lowest BCUT2D eigenvalue weighted by Crippen LogP contribution is -2.08. The first-order valence-corrected chi connectivity index (χ1v) is 8.37. The van der Waals surface area contributed by atoms with Gasteiger partial charge in [-0.3, -0.25) is 0 Å². The van der Waals surface area contributed by atoms with Crippen LogP contribution in [-0.2, 0) is 11.5 Å². The number of hydrogen-bond acceptors (Lipinski definition) is 2. The molecular weight excluding hydrogens is 365 g/mol. The molecule has 2 rings (SSSR count). The van der Waals surface area contributed by atoms with Crippen LogP contribution in [0.5, 0.6) is 11.5 Å². The van der Waals surface area contributed by atoms with Gasteiger partial charge in [-0.05, 0) is 36.1 Å². The number of ether oxygens (including phenoxy) is 1. The third kappa shape index (κ3) is 3.95. The molecule has 0 amide bonds. The molecule has 6 heteroatoms. The summed E-state index contributed by atoms with van der Waals surface area (Å²) >= 11 is 4.58. The lowest BCUT2D eigenvalue weighted by Gasteiger charge is -2.16. The van der Waals surface area contributed by atoms with E-state index >= 15 is 0 Å². The first kappa shape index (κ1) is 16.2. The van der Waals surface area contributed by atoms with Crippen molar-refractivity contribution in [2.45, 2.75) is 16.4 Å². The number of benzene rings is 2. The number of halogens is 4. The predicted molar refractivity (Wildman–Crippen MR) is 82.4 cm³/mol. The fraction of sp³-hybridized carbons (Fsp3) is 0.200. The molecule has 0 aliphatic rings. The molecule has 21 heavy (non-hydrogen) atoms. The Bertz CT molecular complexity index is 629. The summed E-state index contributed by atoms with van der Waals surface area (Å²) in [6, 6.07) is 11.1. The van der Waals surface area contributed by atoms with Crippen LogP contribution in [-0.4, -0.2) is 6.26 Å². The summed E-state index contributed by atoms with van der Waals surface area (Å²) in [5.41, 5.74) is -0.219. The summed E-state index contributed by atoms with van der Waals surface area (Å²) in [6.07, 6.45) is -2.61. The standard InChI is InChI=1S/C15H12BrF3OS/c1-21-14-5-3-2-4-13(14)20-12-7-6-10(9-16)8-11(12)15(17,18)19/h2-8H,9H2,1H3. The molecule has 0 fully saturated rings. The molecule has 2 aromatic rings. The smallest absolute Gasteiger partial charge is 0.419 e. The first-order chi connectivity index (χ1) is 9.95. The van der Waals surface area contributed by atoms with E-state index in [1.54, 1.807) is 24.3 Å². The van der Waals surface area contributed by atoms with Crippen molar-refractivity contribution in [1.82, 2.24) is 0 Å². The zero-order valence-corrected chi connectivity index (χ0v) is 13.5.